The molecule has 0 spiro atoms. The van der Waals surface area contributed by atoms with E-state index >= 15 is 0 Å². The number of amides is 5. The molecule has 13 nitrogen and oxygen atoms in total. The van der Waals surface area contributed by atoms with E-state index in [1.54, 1.807) is 18.2 Å². The highest BCUT2D eigenvalue weighted by atomic mass is 16.2. The van der Waals surface area contributed by atoms with Crippen molar-refractivity contribution < 1.29 is 24.0 Å². The molecule has 7 rings (SSSR count). The van der Waals surface area contributed by atoms with E-state index in [1.165, 1.54) is 0 Å². The molecular weight excluding hydrogens is 612 g/mol. The van der Waals surface area contributed by atoms with Gasteiger partial charge in [-0.3, -0.25) is 43.8 Å². The maximum absolute atomic E-state index is 13.0. The van der Waals surface area contributed by atoms with Crippen LogP contribution in [0.2, 0.25) is 0 Å². The number of rotatable bonds is 10. The normalized spacial score (nSPS) is 18.7. The summed E-state index contributed by atoms with van der Waals surface area (Å²) < 4.78 is 2.03. The monoisotopic (exact) mass is 648 g/mol. The number of fused-ring (bicyclic) bond motifs is 2. The Morgan fingerprint density at radius 2 is 1.73 bits per heavy atom. The number of pyridine rings is 1. The summed E-state index contributed by atoms with van der Waals surface area (Å²) in [6.45, 7) is 3.00. The molecular formula is C35H36N8O5. The predicted octanol–water partition coefficient (Wildman–Crippen LogP) is 2.75. The Morgan fingerprint density at radius 1 is 0.917 bits per heavy atom. The minimum absolute atomic E-state index is 0.0209. The molecule has 1 unspecified atom stereocenters. The van der Waals surface area contributed by atoms with Crippen molar-refractivity contribution in [3.63, 3.8) is 0 Å². The number of hydrogen-bond acceptors (Lipinski definition) is 9. The lowest BCUT2D eigenvalue weighted by molar-refractivity contribution is -0.136. The summed E-state index contributed by atoms with van der Waals surface area (Å²) in [5, 5.41) is 14.2. The average Bonchev–Trinajstić information content (AvgIpc) is 3.68. The number of piperidine rings is 2. The highest BCUT2D eigenvalue weighted by Crippen LogP contribution is 2.30. The van der Waals surface area contributed by atoms with Crippen LogP contribution in [0.3, 0.4) is 0 Å². The fourth-order valence-electron chi connectivity index (χ4n) is 6.63. The smallest absolute Gasteiger partial charge is 0.262 e. The standard InChI is InChI=1S/C35H36N8O5/c44-31-11-10-30(33(46)40-31)43-34(47)26-8-7-24(18-27(26)35(43)48)36-14-3-15-37-32(45)21-41-16-12-25(13-17-41)42-20-23(19-38-42)29-9-6-22-4-1-2-5-28(22)39-29/h1-2,4-9,18-20,25,30,36H,3,10-17,21H2,(H,37,45)(H,40,44,46). The van der Waals surface area contributed by atoms with Gasteiger partial charge in [-0.1, -0.05) is 24.3 Å². The third-order valence-corrected chi connectivity index (χ3v) is 9.24. The fourth-order valence-corrected chi connectivity index (χ4v) is 6.63. The summed E-state index contributed by atoms with van der Waals surface area (Å²) in [7, 11) is 0. The Kier molecular flexibility index (Phi) is 8.68. The first-order chi connectivity index (χ1) is 23.3. The Hall–Kier alpha value is -5.43. The van der Waals surface area contributed by atoms with Gasteiger partial charge in [0.1, 0.15) is 6.04 Å². The molecule has 2 saturated heterocycles. The van der Waals surface area contributed by atoms with E-state index in [2.05, 4.69) is 44.3 Å². The van der Waals surface area contributed by atoms with Crippen molar-refractivity contribution in [1.29, 1.82) is 0 Å². The van der Waals surface area contributed by atoms with Crippen molar-refractivity contribution in [2.24, 2.45) is 0 Å². The lowest BCUT2D eigenvalue weighted by atomic mass is 10.0. The number of hydrogen-bond donors (Lipinski definition) is 3. The van der Waals surface area contributed by atoms with Crippen LogP contribution in [0.4, 0.5) is 5.69 Å². The topological polar surface area (TPSA) is 159 Å². The van der Waals surface area contributed by atoms with Crippen LogP contribution in [0.5, 0.6) is 0 Å². The van der Waals surface area contributed by atoms with Gasteiger partial charge >= 0.3 is 0 Å². The molecule has 1 atom stereocenters. The Morgan fingerprint density at radius 3 is 2.56 bits per heavy atom. The molecule has 5 heterocycles. The largest absolute Gasteiger partial charge is 0.385 e. The first-order valence-corrected chi connectivity index (χ1v) is 16.3. The van der Waals surface area contributed by atoms with Gasteiger partial charge in [0.05, 0.1) is 41.1 Å². The molecule has 0 radical (unpaired) electrons. The second-order valence-electron chi connectivity index (χ2n) is 12.4. The number of anilines is 1. The zero-order valence-electron chi connectivity index (χ0n) is 26.4. The van der Waals surface area contributed by atoms with E-state index < -0.39 is 29.7 Å². The van der Waals surface area contributed by atoms with Gasteiger partial charge < -0.3 is 10.6 Å². The summed E-state index contributed by atoms with van der Waals surface area (Å²) in [6, 6.07) is 16.3. The quantitative estimate of drug-likeness (QED) is 0.174. The lowest BCUT2D eigenvalue weighted by Crippen LogP contribution is -2.54. The number of benzene rings is 2. The maximum Gasteiger partial charge on any atom is 0.262 e. The van der Waals surface area contributed by atoms with Crippen molar-refractivity contribution >= 4 is 46.1 Å². The van der Waals surface area contributed by atoms with Crippen LogP contribution < -0.4 is 16.0 Å². The molecule has 4 aromatic rings. The molecule has 2 aromatic carbocycles. The van der Waals surface area contributed by atoms with Crippen molar-refractivity contribution in [2.45, 2.75) is 44.2 Å². The number of aromatic nitrogens is 3. The van der Waals surface area contributed by atoms with E-state index in [-0.39, 0.29) is 35.9 Å². The summed E-state index contributed by atoms with van der Waals surface area (Å²) in [6.07, 6.45) is 6.59. The zero-order chi connectivity index (χ0) is 33.2. The summed E-state index contributed by atoms with van der Waals surface area (Å²) >= 11 is 0. The van der Waals surface area contributed by atoms with Crippen molar-refractivity contribution in [1.82, 2.24) is 35.2 Å². The van der Waals surface area contributed by atoms with Gasteiger partial charge in [-0.25, -0.2) is 4.98 Å². The number of carbonyl (C=O) groups is 5. The van der Waals surface area contributed by atoms with Gasteiger partial charge in [-0.2, -0.15) is 5.10 Å². The molecule has 48 heavy (non-hydrogen) atoms. The summed E-state index contributed by atoms with van der Waals surface area (Å²) in [4.78, 5) is 70.2. The first-order valence-electron chi connectivity index (χ1n) is 16.3. The van der Waals surface area contributed by atoms with E-state index in [4.69, 9.17) is 4.98 Å². The first kappa shape index (κ1) is 31.2. The second-order valence-corrected chi connectivity index (χ2v) is 12.4. The van der Waals surface area contributed by atoms with E-state index in [0.717, 1.165) is 53.0 Å². The molecule has 246 valence electrons. The van der Waals surface area contributed by atoms with Crippen LogP contribution in [-0.2, 0) is 14.4 Å². The van der Waals surface area contributed by atoms with Crippen LogP contribution in [0.1, 0.15) is 58.9 Å². The van der Waals surface area contributed by atoms with Crippen LogP contribution in [0.15, 0.2) is 67.0 Å². The lowest BCUT2D eigenvalue weighted by Gasteiger charge is -2.31. The zero-order valence-corrected chi connectivity index (χ0v) is 26.4. The molecule has 0 saturated carbocycles. The molecule has 13 heteroatoms. The van der Waals surface area contributed by atoms with Crippen molar-refractivity contribution in [3.8, 4) is 11.3 Å². The highest BCUT2D eigenvalue weighted by Gasteiger charge is 2.44. The minimum Gasteiger partial charge on any atom is -0.385 e. The summed E-state index contributed by atoms with van der Waals surface area (Å²) in [5.41, 5.74) is 3.98. The van der Waals surface area contributed by atoms with E-state index in [1.807, 2.05) is 35.1 Å². The van der Waals surface area contributed by atoms with E-state index in [0.29, 0.717) is 31.7 Å². The highest BCUT2D eigenvalue weighted by molar-refractivity contribution is 6.23. The van der Waals surface area contributed by atoms with Crippen LogP contribution in [0, 0.1) is 0 Å². The number of likely N-dealkylation sites (tertiary alicyclic amines) is 1. The summed E-state index contributed by atoms with van der Waals surface area (Å²) in [5.74, 6) is -2.14. The number of imide groups is 2. The van der Waals surface area contributed by atoms with Gasteiger partial charge in [0.25, 0.3) is 11.8 Å². The molecule has 0 bridgehead atoms. The van der Waals surface area contributed by atoms with Gasteiger partial charge in [-0.05, 0) is 56.0 Å². The molecule has 3 aliphatic rings. The number of para-hydroxylation sites is 1. The number of nitrogens with one attached hydrogen (secondary N) is 3. The maximum atomic E-state index is 13.0. The Balaban J connectivity index is 0.823. The SMILES string of the molecule is O=C(CN1CCC(n2cc(-c3ccc4ccccc4n3)cn2)CC1)NCCCNc1ccc2c(c1)C(=O)N(C1CCC(=O)NC1=O)C2=O. The average molecular weight is 649 g/mol. The van der Waals surface area contributed by atoms with Gasteiger partial charge in [-0.15, -0.1) is 0 Å². The second kappa shape index (κ2) is 13.4. The number of nitrogens with zero attached hydrogens (tertiary/aromatic N) is 5. The Bertz CT molecular complexity index is 1910. The van der Waals surface area contributed by atoms with Gasteiger partial charge in [0.15, 0.2) is 0 Å². The van der Waals surface area contributed by atoms with Crippen LogP contribution in [0.25, 0.3) is 22.2 Å². The molecule has 2 aromatic heterocycles. The molecule has 5 amide bonds. The van der Waals surface area contributed by atoms with Crippen molar-refractivity contribution in [2.75, 3.05) is 38.0 Å². The molecule has 2 fully saturated rings. The van der Waals surface area contributed by atoms with Gasteiger partial charge in [0, 0.05) is 55.4 Å². The third-order valence-electron chi connectivity index (χ3n) is 9.24. The Labute approximate surface area is 276 Å². The fraction of sp³-hybridized carbons (Fsp3) is 0.343. The third kappa shape index (κ3) is 6.41. The van der Waals surface area contributed by atoms with E-state index in [9.17, 15) is 24.0 Å². The van der Waals surface area contributed by atoms with Crippen LogP contribution in [-0.4, -0.2) is 92.9 Å². The predicted molar refractivity (Wildman–Crippen MR) is 177 cm³/mol. The number of carbonyl (C=O) groups excluding carboxylic acids is 5. The molecule has 3 N–H and O–H groups in total. The van der Waals surface area contributed by atoms with Gasteiger partial charge in [0.2, 0.25) is 17.7 Å². The molecule has 3 aliphatic heterocycles. The van der Waals surface area contributed by atoms with Crippen molar-refractivity contribution in [3.05, 3.63) is 78.1 Å². The minimum atomic E-state index is -0.995. The van der Waals surface area contributed by atoms with Crippen LogP contribution >= 0.6 is 0 Å². The molecule has 0 aliphatic carbocycles.